The molecule has 3 heteroatoms. The zero-order chi connectivity index (χ0) is 14.4. The molecule has 2 heterocycles. The second kappa shape index (κ2) is 4.71. The van der Waals surface area contributed by atoms with Gasteiger partial charge < -0.3 is 4.84 Å². The van der Waals surface area contributed by atoms with Gasteiger partial charge in [-0.1, -0.05) is 59.8 Å². The number of likely N-dealkylation sites (N-methyl/N-ethyl adjacent to an activating group) is 1. The topological polar surface area (TPSA) is 24.8 Å². The number of oxime groups is 1. The summed E-state index contributed by atoms with van der Waals surface area (Å²) in [7, 11) is 2.11. The van der Waals surface area contributed by atoms with E-state index in [1.54, 1.807) is 0 Å². The third kappa shape index (κ3) is 1.81. The lowest BCUT2D eigenvalue weighted by molar-refractivity contribution is -0.0578. The van der Waals surface area contributed by atoms with Gasteiger partial charge in [0.2, 0.25) is 0 Å². The van der Waals surface area contributed by atoms with E-state index in [9.17, 15) is 0 Å². The molecule has 0 bridgehead atoms. The van der Waals surface area contributed by atoms with E-state index in [1.165, 1.54) is 11.1 Å². The van der Waals surface area contributed by atoms with Gasteiger partial charge in [-0.05, 0) is 25.1 Å². The molecule has 3 nitrogen and oxygen atoms in total. The molecule has 0 fully saturated rings. The van der Waals surface area contributed by atoms with Gasteiger partial charge in [-0.15, -0.1) is 0 Å². The standard InChI is InChI=1S/C18H18N2O/c1-12-14-10-6-7-11-15(14)16-17(13-8-4-3-5-9-13)19-21-18(16)20(12)2/h3-12,16,18H,1-2H3/t12-,16+,18-/m0/s1. The predicted octanol–water partition coefficient (Wildman–Crippen LogP) is 3.54. The smallest absolute Gasteiger partial charge is 0.194 e. The van der Waals surface area contributed by atoms with Gasteiger partial charge in [0.15, 0.2) is 6.23 Å². The molecule has 0 saturated carbocycles. The third-order valence-corrected chi connectivity index (χ3v) is 4.70. The number of hydrogen-bond acceptors (Lipinski definition) is 3. The van der Waals surface area contributed by atoms with Gasteiger partial charge in [-0.2, -0.15) is 0 Å². The highest BCUT2D eigenvalue weighted by Gasteiger charge is 2.45. The van der Waals surface area contributed by atoms with E-state index < -0.39 is 0 Å². The summed E-state index contributed by atoms with van der Waals surface area (Å²) in [6, 6.07) is 19.3. The number of nitrogens with zero attached hydrogens (tertiary/aromatic N) is 2. The van der Waals surface area contributed by atoms with Crippen LogP contribution in [0.25, 0.3) is 0 Å². The maximum absolute atomic E-state index is 5.78. The summed E-state index contributed by atoms with van der Waals surface area (Å²) < 4.78 is 0. The van der Waals surface area contributed by atoms with Crippen molar-refractivity contribution >= 4 is 5.71 Å². The first kappa shape index (κ1) is 12.6. The summed E-state index contributed by atoms with van der Waals surface area (Å²) in [4.78, 5) is 8.05. The van der Waals surface area contributed by atoms with Crippen LogP contribution in [0.3, 0.4) is 0 Å². The van der Waals surface area contributed by atoms with Gasteiger partial charge in [0.05, 0.1) is 11.6 Å². The first-order valence-electron chi connectivity index (χ1n) is 7.37. The minimum Gasteiger partial charge on any atom is -0.375 e. The van der Waals surface area contributed by atoms with Crippen LogP contribution in [0.4, 0.5) is 0 Å². The fraction of sp³-hybridized carbons (Fsp3) is 0.278. The van der Waals surface area contributed by atoms with Gasteiger partial charge in [0, 0.05) is 11.6 Å². The molecular weight excluding hydrogens is 260 g/mol. The Morgan fingerprint density at radius 3 is 2.38 bits per heavy atom. The summed E-state index contributed by atoms with van der Waals surface area (Å²) >= 11 is 0. The van der Waals surface area contributed by atoms with Crippen molar-refractivity contribution in [2.75, 3.05) is 7.05 Å². The van der Waals surface area contributed by atoms with Crippen molar-refractivity contribution < 1.29 is 4.84 Å². The van der Waals surface area contributed by atoms with E-state index in [0.29, 0.717) is 6.04 Å². The van der Waals surface area contributed by atoms with Crippen LogP contribution in [0.5, 0.6) is 0 Å². The number of fused-ring (bicyclic) bond motifs is 3. The van der Waals surface area contributed by atoms with Crippen molar-refractivity contribution in [2.24, 2.45) is 5.16 Å². The zero-order valence-corrected chi connectivity index (χ0v) is 12.2. The van der Waals surface area contributed by atoms with Crippen LogP contribution in [0.1, 0.15) is 35.6 Å². The summed E-state index contributed by atoms with van der Waals surface area (Å²) in [5.74, 6) is 0.185. The predicted molar refractivity (Wildman–Crippen MR) is 83.2 cm³/mol. The molecule has 2 aromatic rings. The van der Waals surface area contributed by atoms with Gasteiger partial charge >= 0.3 is 0 Å². The molecule has 4 rings (SSSR count). The Kier molecular flexibility index (Phi) is 2.82. The molecule has 2 aliphatic rings. The molecule has 0 radical (unpaired) electrons. The molecule has 21 heavy (non-hydrogen) atoms. The van der Waals surface area contributed by atoms with Crippen LogP contribution >= 0.6 is 0 Å². The molecular formula is C18H18N2O. The zero-order valence-electron chi connectivity index (χ0n) is 12.2. The van der Waals surface area contributed by atoms with E-state index in [0.717, 1.165) is 11.3 Å². The average Bonchev–Trinajstić information content (AvgIpc) is 2.99. The van der Waals surface area contributed by atoms with Gasteiger partial charge in [0.25, 0.3) is 0 Å². The fourth-order valence-electron chi connectivity index (χ4n) is 3.43. The van der Waals surface area contributed by atoms with E-state index >= 15 is 0 Å². The molecule has 0 saturated heterocycles. The lowest BCUT2D eigenvalue weighted by Crippen LogP contribution is -2.43. The molecule has 106 valence electrons. The number of rotatable bonds is 1. The van der Waals surface area contributed by atoms with Gasteiger partial charge in [-0.3, -0.25) is 4.90 Å². The molecule has 0 unspecified atom stereocenters. The van der Waals surface area contributed by atoms with Gasteiger partial charge in [-0.25, -0.2) is 0 Å². The minimum absolute atomic E-state index is 0.00916. The molecule has 2 aromatic carbocycles. The third-order valence-electron chi connectivity index (χ3n) is 4.70. The van der Waals surface area contributed by atoms with Crippen molar-refractivity contribution in [2.45, 2.75) is 25.1 Å². The monoisotopic (exact) mass is 278 g/mol. The Hall–Kier alpha value is -2.13. The van der Waals surface area contributed by atoms with Gasteiger partial charge in [0.1, 0.15) is 0 Å². The minimum atomic E-state index is -0.00916. The highest BCUT2D eigenvalue weighted by Crippen LogP contribution is 2.43. The lowest BCUT2D eigenvalue weighted by Gasteiger charge is -2.39. The van der Waals surface area contributed by atoms with Crippen molar-refractivity contribution in [3.05, 3.63) is 71.3 Å². The fourth-order valence-corrected chi connectivity index (χ4v) is 3.43. The molecule has 0 aliphatic carbocycles. The second-order valence-corrected chi connectivity index (χ2v) is 5.79. The largest absolute Gasteiger partial charge is 0.375 e. The first-order chi connectivity index (χ1) is 10.3. The molecule has 0 aromatic heterocycles. The Balaban J connectivity index is 1.85. The van der Waals surface area contributed by atoms with Crippen LogP contribution in [-0.2, 0) is 4.84 Å². The summed E-state index contributed by atoms with van der Waals surface area (Å²) in [5, 5.41) is 4.41. The average molecular weight is 278 g/mol. The Morgan fingerprint density at radius 1 is 0.952 bits per heavy atom. The van der Waals surface area contributed by atoms with Crippen LogP contribution in [-0.4, -0.2) is 23.9 Å². The van der Waals surface area contributed by atoms with Crippen molar-refractivity contribution in [3.63, 3.8) is 0 Å². The highest BCUT2D eigenvalue weighted by atomic mass is 16.7. The molecule has 2 aliphatic heterocycles. The maximum atomic E-state index is 5.78. The Bertz CT molecular complexity index is 695. The van der Waals surface area contributed by atoms with E-state index in [1.807, 2.05) is 18.2 Å². The number of benzene rings is 2. The van der Waals surface area contributed by atoms with E-state index in [-0.39, 0.29) is 12.1 Å². The summed E-state index contributed by atoms with van der Waals surface area (Å²) in [6.07, 6.45) is -0.00916. The van der Waals surface area contributed by atoms with Crippen LogP contribution < -0.4 is 0 Å². The normalized spacial score (nSPS) is 27.5. The molecule has 3 atom stereocenters. The Labute approximate surface area is 124 Å². The van der Waals surface area contributed by atoms with E-state index in [2.05, 4.69) is 60.4 Å². The first-order valence-corrected chi connectivity index (χ1v) is 7.37. The van der Waals surface area contributed by atoms with E-state index in [4.69, 9.17) is 4.84 Å². The van der Waals surface area contributed by atoms with Crippen LogP contribution in [0, 0.1) is 0 Å². The quantitative estimate of drug-likeness (QED) is 0.797. The SMILES string of the molecule is C[C@H]1c2ccccc2[C@@H]2C(c3ccccc3)=NO[C@@H]2N1C. The summed E-state index contributed by atoms with van der Waals surface area (Å²) in [6.45, 7) is 2.22. The number of hydrogen-bond donors (Lipinski definition) is 0. The van der Waals surface area contributed by atoms with Crippen molar-refractivity contribution in [1.29, 1.82) is 0 Å². The van der Waals surface area contributed by atoms with Crippen LogP contribution in [0.15, 0.2) is 59.8 Å². The van der Waals surface area contributed by atoms with Crippen LogP contribution in [0.2, 0.25) is 0 Å². The molecule has 0 spiro atoms. The lowest BCUT2D eigenvalue weighted by atomic mass is 9.80. The van der Waals surface area contributed by atoms with Crippen molar-refractivity contribution in [3.8, 4) is 0 Å². The summed E-state index contributed by atoms with van der Waals surface area (Å²) in [5.41, 5.74) is 4.89. The molecule has 0 N–H and O–H groups in total. The highest BCUT2D eigenvalue weighted by molar-refractivity contribution is 6.06. The second-order valence-electron chi connectivity index (χ2n) is 5.79. The molecule has 0 amide bonds. The maximum Gasteiger partial charge on any atom is 0.194 e. The Morgan fingerprint density at radius 2 is 1.62 bits per heavy atom. The van der Waals surface area contributed by atoms with Crippen molar-refractivity contribution in [1.82, 2.24) is 4.90 Å².